The standard InChI is InChI=1S/C15H17NO2/c17-13-6-5-11-9-10-3-1-7-16-8-2-4-12(14(10)16)15(11)18-13/h5-6,9,11,15H,1-4,7-8H2. The summed E-state index contributed by atoms with van der Waals surface area (Å²) in [5.41, 5.74) is 4.28. The Morgan fingerprint density at radius 2 is 2.06 bits per heavy atom. The van der Waals surface area contributed by atoms with Crippen molar-refractivity contribution in [3.05, 3.63) is 35.1 Å². The zero-order valence-electron chi connectivity index (χ0n) is 10.4. The minimum absolute atomic E-state index is 0.0258. The largest absolute Gasteiger partial charge is 0.454 e. The normalized spacial score (nSPS) is 33.7. The Kier molecular flexibility index (Phi) is 2.16. The van der Waals surface area contributed by atoms with Gasteiger partial charge in [0.1, 0.15) is 6.10 Å². The Labute approximate surface area is 107 Å². The van der Waals surface area contributed by atoms with E-state index in [0.29, 0.717) is 0 Å². The van der Waals surface area contributed by atoms with Gasteiger partial charge >= 0.3 is 5.97 Å². The van der Waals surface area contributed by atoms with Gasteiger partial charge in [0.25, 0.3) is 0 Å². The van der Waals surface area contributed by atoms with E-state index in [1.807, 2.05) is 6.08 Å². The van der Waals surface area contributed by atoms with Crippen molar-refractivity contribution in [1.29, 1.82) is 0 Å². The average molecular weight is 243 g/mol. The number of nitrogens with zero attached hydrogens (tertiary/aromatic N) is 1. The quantitative estimate of drug-likeness (QED) is 0.611. The van der Waals surface area contributed by atoms with Gasteiger partial charge in [-0.15, -0.1) is 0 Å². The van der Waals surface area contributed by atoms with Crippen molar-refractivity contribution in [2.75, 3.05) is 13.1 Å². The van der Waals surface area contributed by atoms with Crippen LogP contribution in [-0.2, 0) is 9.53 Å². The molecule has 4 rings (SSSR count). The van der Waals surface area contributed by atoms with E-state index in [4.69, 9.17) is 4.74 Å². The average Bonchev–Trinajstić information content (AvgIpc) is 2.40. The van der Waals surface area contributed by atoms with Gasteiger partial charge in [-0.3, -0.25) is 0 Å². The number of hydrogen-bond donors (Lipinski definition) is 0. The van der Waals surface area contributed by atoms with Crippen molar-refractivity contribution in [3.8, 4) is 0 Å². The van der Waals surface area contributed by atoms with E-state index in [2.05, 4.69) is 11.0 Å². The first-order valence-electron chi connectivity index (χ1n) is 6.91. The van der Waals surface area contributed by atoms with Crippen molar-refractivity contribution in [1.82, 2.24) is 4.90 Å². The molecule has 0 saturated carbocycles. The molecule has 3 aliphatic heterocycles. The number of piperidine rings is 1. The maximum absolute atomic E-state index is 11.5. The maximum atomic E-state index is 11.5. The smallest absolute Gasteiger partial charge is 0.331 e. The summed E-state index contributed by atoms with van der Waals surface area (Å²) in [5, 5.41) is 0. The first kappa shape index (κ1) is 10.4. The molecule has 94 valence electrons. The van der Waals surface area contributed by atoms with Crippen LogP contribution in [0.1, 0.15) is 25.7 Å². The van der Waals surface area contributed by atoms with Crippen LogP contribution in [0.2, 0.25) is 0 Å². The van der Waals surface area contributed by atoms with Crippen LogP contribution < -0.4 is 0 Å². The Morgan fingerprint density at radius 1 is 1.22 bits per heavy atom. The van der Waals surface area contributed by atoms with Gasteiger partial charge in [0.05, 0.1) is 0 Å². The van der Waals surface area contributed by atoms with E-state index in [9.17, 15) is 4.79 Å². The molecule has 3 heteroatoms. The van der Waals surface area contributed by atoms with E-state index in [-0.39, 0.29) is 18.0 Å². The van der Waals surface area contributed by atoms with Gasteiger partial charge in [-0.25, -0.2) is 4.79 Å². The molecule has 0 aromatic rings. The minimum atomic E-state index is -0.186. The number of ether oxygens (including phenoxy) is 1. The number of fused-ring (bicyclic) bond motifs is 2. The fraction of sp³-hybridized carbons (Fsp3) is 0.533. The van der Waals surface area contributed by atoms with Gasteiger partial charge in [-0.2, -0.15) is 0 Å². The highest BCUT2D eigenvalue weighted by Crippen LogP contribution is 2.43. The van der Waals surface area contributed by atoms with Crippen molar-refractivity contribution in [2.45, 2.75) is 31.8 Å². The third-order valence-corrected chi connectivity index (χ3v) is 4.46. The summed E-state index contributed by atoms with van der Waals surface area (Å²) in [6, 6.07) is 0. The molecular formula is C15H17NO2. The molecule has 3 heterocycles. The molecule has 18 heavy (non-hydrogen) atoms. The summed E-state index contributed by atoms with van der Waals surface area (Å²) in [4.78, 5) is 14.0. The van der Waals surface area contributed by atoms with Gasteiger partial charge in [0.15, 0.2) is 0 Å². The Bertz CT molecular complexity index is 501. The van der Waals surface area contributed by atoms with Gasteiger partial charge in [-0.1, -0.05) is 12.2 Å². The lowest BCUT2D eigenvalue weighted by molar-refractivity contribution is -0.144. The second-order valence-corrected chi connectivity index (χ2v) is 5.55. The molecule has 0 aromatic heterocycles. The highest BCUT2D eigenvalue weighted by Gasteiger charge is 2.39. The minimum Gasteiger partial charge on any atom is -0.454 e. The molecule has 1 fully saturated rings. The van der Waals surface area contributed by atoms with Gasteiger partial charge in [-0.05, 0) is 36.8 Å². The monoisotopic (exact) mass is 243 g/mol. The summed E-state index contributed by atoms with van der Waals surface area (Å²) >= 11 is 0. The summed E-state index contributed by atoms with van der Waals surface area (Å²) < 4.78 is 5.57. The third kappa shape index (κ3) is 1.39. The lowest BCUT2D eigenvalue weighted by atomic mass is 9.77. The second-order valence-electron chi connectivity index (χ2n) is 5.55. The first-order chi connectivity index (χ1) is 8.83. The highest BCUT2D eigenvalue weighted by molar-refractivity contribution is 5.83. The van der Waals surface area contributed by atoms with Crippen molar-refractivity contribution in [3.63, 3.8) is 0 Å². The number of rotatable bonds is 0. The topological polar surface area (TPSA) is 29.5 Å². The number of allylic oxidation sites excluding steroid dienone is 1. The van der Waals surface area contributed by atoms with Crippen LogP contribution >= 0.6 is 0 Å². The molecule has 0 N–H and O–H groups in total. The fourth-order valence-corrected chi connectivity index (χ4v) is 3.76. The number of carbonyl (C=O) groups is 1. The van der Waals surface area contributed by atoms with Crippen LogP contribution in [0.15, 0.2) is 35.1 Å². The molecule has 1 saturated heterocycles. The molecule has 0 radical (unpaired) electrons. The van der Waals surface area contributed by atoms with E-state index < -0.39 is 0 Å². The third-order valence-electron chi connectivity index (χ3n) is 4.46. The first-order valence-corrected chi connectivity index (χ1v) is 6.91. The Hall–Kier alpha value is -1.51. The number of hydrogen-bond acceptors (Lipinski definition) is 3. The van der Waals surface area contributed by atoms with Crippen LogP contribution in [0.5, 0.6) is 0 Å². The molecule has 0 spiro atoms. The van der Waals surface area contributed by atoms with Crippen molar-refractivity contribution < 1.29 is 9.53 Å². The zero-order valence-corrected chi connectivity index (χ0v) is 10.4. The summed E-state index contributed by atoms with van der Waals surface area (Å²) in [5.74, 6) is 0.0867. The fourth-order valence-electron chi connectivity index (χ4n) is 3.76. The molecule has 1 aliphatic carbocycles. The number of carbonyl (C=O) groups excluding carboxylic acids is 1. The van der Waals surface area contributed by atoms with Crippen LogP contribution in [0.25, 0.3) is 0 Å². The summed E-state index contributed by atoms with van der Waals surface area (Å²) in [6.07, 6.45) is 10.6. The zero-order chi connectivity index (χ0) is 12.1. The van der Waals surface area contributed by atoms with E-state index in [1.165, 1.54) is 36.1 Å². The predicted octanol–water partition coefficient (Wildman–Crippen LogP) is 2.17. The molecule has 3 nitrogen and oxygen atoms in total. The van der Waals surface area contributed by atoms with E-state index in [1.54, 1.807) is 6.08 Å². The van der Waals surface area contributed by atoms with Crippen molar-refractivity contribution >= 4 is 5.97 Å². The van der Waals surface area contributed by atoms with Crippen LogP contribution in [0.3, 0.4) is 0 Å². The van der Waals surface area contributed by atoms with E-state index >= 15 is 0 Å². The second kappa shape index (κ2) is 3.74. The van der Waals surface area contributed by atoms with Crippen LogP contribution in [0.4, 0.5) is 0 Å². The molecule has 0 amide bonds. The lowest BCUT2D eigenvalue weighted by Gasteiger charge is -2.44. The molecular weight excluding hydrogens is 226 g/mol. The summed E-state index contributed by atoms with van der Waals surface area (Å²) in [6.45, 7) is 2.33. The number of esters is 1. The SMILES string of the molecule is O=C1C=CC2C=C3CCCN4CCCC(=C34)C2O1. The van der Waals surface area contributed by atoms with Gasteiger partial charge < -0.3 is 9.64 Å². The highest BCUT2D eigenvalue weighted by atomic mass is 16.5. The molecule has 0 aromatic carbocycles. The Morgan fingerprint density at radius 3 is 2.94 bits per heavy atom. The predicted molar refractivity (Wildman–Crippen MR) is 67.7 cm³/mol. The maximum Gasteiger partial charge on any atom is 0.331 e. The lowest BCUT2D eigenvalue weighted by Crippen LogP contribution is -2.42. The summed E-state index contributed by atoms with van der Waals surface area (Å²) in [7, 11) is 0. The van der Waals surface area contributed by atoms with Crippen LogP contribution in [-0.4, -0.2) is 30.1 Å². The molecule has 2 unspecified atom stereocenters. The van der Waals surface area contributed by atoms with Crippen molar-refractivity contribution in [2.24, 2.45) is 5.92 Å². The molecule has 0 bridgehead atoms. The van der Waals surface area contributed by atoms with Gasteiger partial charge in [0.2, 0.25) is 0 Å². The molecule has 2 atom stereocenters. The van der Waals surface area contributed by atoms with Crippen LogP contribution in [0, 0.1) is 5.92 Å². The Balaban J connectivity index is 1.83. The van der Waals surface area contributed by atoms with Gasteiger partial charge in [0, 0.05) is 30.8 Å². The molecule has 4 aliphatic rings. The van der Waals surface area contributed by atoms with E-state index in [0.717, 1.165) is 19.5 Å².